The summed E-state index contributed by atoms with van der Waals surface area (Å²) in [5, 5.41) is 2.56. The lowest BCUT2D eigenvalue weighted by Gasteiger charge is -2.17. The maximum Gasteiger partial charge on any atom is 0.225 e. The maximum absolute atomic E-state index is 11.2. The Balaban J connectivity index is 3.87. The van der Waals surface area contributed by atoms with Gasteiger partial charge >= 0.3 is 0 Å². The third-order valence-electron chi connectivity index (χ3n) is 1.44. The number of carbonyl (C=O) groups is 1. The Morgan fingerprint density at radius 3 is 2.08 bits per heavy atom. The van der Waals surface area contributed by atoms with Gasteiger partial charge in [-0.3, -0.25) is 4.79 Å². The lowest BCUT2D eigenvalue weighted by molar-refractivity contribution is -0.128. The summed E-state index contributed by atoms with van der Waals surface area (Å²) in [6.45, 7) is 5.53. The number of amides is 1. The third-order valence-corrected chi connectivity index (χ3v) is 2.39. The van der Waals surface area contributed by atoms with Crippen LogP contribution >= 0.6 is 0 Å². The van der Waals surface area contributed by atoms with Gasteiger partial charge < -0.3 is 5.32 Å². The van der Waals surface area contributed by atoms with Crippen LogP contribution in [0.5, 0.6) is 0 Å². The summed E-state index contributed by atoms with van der Waals surface area (Å²) < 4.78 is 21.4. The fourth-order valence-corrected chi connectivity index (χ4v) is 1.09. The zero-order valence-electron chi connectivity index (χ0n) is 8.55. The molecule has 13 heavy (non-hydrogen) atoms. The first-order valence-corrected chi connectivity index (χ1v) is 6.15. The third kappa shape index (κ3) is 6.57. The van der Waals surface area contributed by atoms with Gasteiger partial charge in [0.25, 0.3) is 0 Å². The molecular weight excluding hydrogens is 190 g/mol. The fraction of sp³-hybridized carbons (Fsp3) is 0.875. The zero-order valence-corrected chi connectivity index (χ0v) is 9.36. The van der Waals surface area contributed by atoms with E-state index in [1.165, 1.54) is 0 Å². The van der Waals surface area contributed by atoms with Crippen LogP contribution in [-0.2, 0) is 14.6 Å². The minimum atomic E-state index is -2.98. The van der Waals surface area contributed by atoms with Crippen LogP contribution in [0, 0.1) is 5.41 Å². The topological polar surface area (TPSA) is 63.2 Å². The van der Waals surface area contributed by atoms with Crippen molar-refractivity contribution < 1.29 is 13.2 Å². The highest BCUT2D eigenvalue weighted by Crippen LogP contribution is 2.11. The average Bonchev–Trinajstić information content (AvgIpc) is 1.82. The van der Waals surface area contributed by atoms with E-state index in [0.29, 0.717) is 0 Å². The molecule has 0 rings (SSSR count). The van der Waals surface area contributed by atoms with E-state index >= 15 is 0 Å². The molecule has 5 heteroatoms. The number of carbonyl (C=O) groups excluding carboxylic acids is 1. The molecular formula is C8H17NO3S. The van der Waals surface area contributed by atoms with Gasteiger partial charge in [-0.05, 0) is 0 Å². The van der Waals surface area contributed by atoms with Gasteiger partial charge in [-0.1, -0.05) is 20.8 Å². The van der Waals surface area contributed by atoms with E-state index in [2.05, 4.69) is 5.32 Å². The molecule has 0 saturated heterocycles. The van der Waals surface area contributed by atoms with Crippen molar-refractivity contribution in [3.8, 4) is 0 Å². The molecule has 78 valence electrons. The summed E-state index contributed by atoms with van der Waals surface area (Å²) in [5.41, 5.74) is -0.461. The van der Waals surface area contributed by atoms with Crippen LogP contribution in [0.25, 0.3) is 0 Å². The molecule has 0 heterocycles. The molecule has 0 saturated carbocycles. The Morgan fingerprint density at radius 1 is 1.31 bits per heavy atom. The van der Waals surface area contributed by atoms with Gasteiger partial charge in [0.15, 0.2) is 0 Å². The number of sulfone groups is 1. The first kappa shape index (κ1) is 12.4. The monoisotopic (exact) mass is 207 g/mol. The van der Waals surface area contributed by atoms with Crippen LogP contribution in [0.2, 0.25) is 0 Å². The molecule has 0 unspecified atom stereocenters. The summed E-state index contributed by atoms with van der Waals surface area (Å²) in [6, 6.07) is 0. The zero-order chi connectivity index (χ0) is 10.7. The minimum absolute atomic E-state index is 0.00514. The van der Waals surface area contributed by atoms with Gasteiger partial charge in [-0.15, -0.1) is 0 Å². The molecule has 0 atom stereocenters. The van der Waals surface area contributed by atoms with Crippen LogP contribution in [0.15, 0.2) is 0 Å². The van der Waals surface area contributed by atoms with Gasteiger partial charge in [0.1, 0.15) is 9.84 Å². The van der Waals surface area contributed by atoms with Gasteiger partial charge in [-0.2, -0.15) is 0 Å². The largest absolute Gasteiger partial charge is 0.355 e. The van der Waals surface area contributed by atoms with Crippen molar-refractivity contribution in [1.29, 1.82) is 0 Å². The summed E-state index contributed by atoms with van der Waals surface area (Å²) in [5.74, 6) is -0.134. The normalized spacial score (nSPS) is 12.6. The van der Waals surface area contributed by atoms with E-state index in [-0.39, 0.29) is 18.2 Å². The van der Waals surface area contributed by atoms with Gasteiger partial charge in [0.05, 0.1) is 5.75 Å². The van der Waals surface area contributed by atoms with E-state index in [9.17, 15) is 13.2 Å². The predicted octanol–water partition coefficient (Wildman–Crippen LogP) is 0.193. The standard InChI is InChI=1S/C8H17NO3S/c1-8(2,3)7(10)9-5-6-13(4,11)12/h5-6H2,1-4H3,(H,9,10). The SMILES string of the molecule is CC(C)(C)C(=O)NCCS(C)(=O)=O. The molecule has 1 N–H and O–H groups in total. The molecule has 0 aliphatic heterocycles. The molecule has 0 aliphatic rings. The van der Waals surface area contributed by atoms with Crippen molar-refractivity contribution in [1.82, 2.24) is 5.32 Å². The van der Waals surface area contributed by atoms with Gasteiger partial charge in [-0.25, -0.2) is 8.42 Å². The molecule has 0 aliphatic carbocycles. The van der Waals surface area contributed by atoms with Gasteiger partial charge in [0.2, 0.25) is 5.91 Å². The van der Waals surface area contributed by atoms with Gasteiger partial charge in [0, 0.05) is 18.2 Å². The summed E-state index contributed by atoms with van der Waals surface area (Å²) in [6.07, 6.45) is 1.15. The van der Waals surface area contributed by atoms with Crippen molar-refractivity contribution in [2.75, 3.05) is 18.6 Å². The second-order valence-electron chi connectivity index (χ2n) is 4.14. The molecule has 0 spiro atoms. The Morgan fingerprint density at radius 2 is 1.77 bits per heavy atom. The van der Waals surface area contributed by atoms with Crippen LogP contribution < -0.4 is 5.32 Å². The van der Waals surface area contributed by atoms with E-state index in [1.807, 2.05) is 0 Å². The Labute approximate surface area is 79.6 Å². The van der Waals surface area contributed by atoms with E-state index < -0.39 is 15.3 Å². The minimum Gasteiger partial charge on any atom is -0.355 e. The van der Waals surface area contributed by atoms with Crippen molar-refractivity contribution in [3.63, 3.8) is 0 Å². The second kappa shape index (κ2) is 4.09. The summed E-state index contributed by atoms with van der Waals surface area (Å²) in [4.78, 5) is 11.2. The molecule has 0 aromatic carbocycles. The van der Waals surface area contributed by atoms with Crippen LogP contribution in [-0.4, -0.2) is 32.9 Å². The van der Waals surface area contributed by atoms with Crippen LogP contribution in [0.3, 0.4) is 0 Å². The Bertz CT molecular complexity index is 274. The molecule has 0 bridgehead atoms. The lowest BCUT2D eigenvalue weighted by atomic mass is 9.96. The molecule has 0 aromatic rings. The first-order chi connectivity index (χ1) is 5.63. The quantitative estimate of drug-likeness (QED) is 0.718. The second-order valence-corrected chi connectivity index (χ2v) is 6.40. The molecule has 0 fully saturated rings. The molecule has 4 nitrogen and oxygen atoms in total. The molecule has 0 aromatic heterocycles. The highest BCUT2D eigenvalue weighted by atomic mass is 32.2. The van der Waals surface area contributed by atoms with E-state index in [1.54, 1.807) is 20.8 Å². The number of rotatable bonds is 3. The highest BCUT2D eigenvalue weighted by molar-refractivity contribution is 7.90. The highest BCUT2D eigenvalue weighted by Gasteiger charge is 2.20. The molecule has 0 radical (unpaired) electrons. The predicted molar refractivity (Wildman–Crippen MR) is 52.2 cm³/mol. The number of hydrogen-bond donors (Lipinski definition) is 1. The van der Waals surface area contributed by atoms with Crippen molar-refractivity contribution >= 4 is 15.7 Å². The number of nitrogens with one attached hydrogen (secondary N) is 1. The summed E-state index contributed by atoms with van der Waals surface area (Å²) in [7, 11) is -2.98. The fourth-order valence-electron chi connectivity index (χ4n) is 0.615. The molecule has 1 amide bonds. The number of hydrogen-bond acceptors (Lipinski definition) is 3. The van der Waals surface area contributed by atoms with Crippen molar-refractivity contribution in [2.45, 2.75) is 20.8 Å². The van der Waals surface area contributed by atoms with Crippen LogP contribution in [0.1, 0.15) is 20.8 Å². The van der Waals surface area contributed by atoms with E-state index in [4.69, 9.17) is 0 Å². The smallest absolute Gasteiger partial charge is 0.225 e. The van der Waals surface area contributed by atoms with E-state index in [0.717, 1.165) is 6.26 Å². The van der Waals surface area contributed by atoms with Crippen molar-refractivity contribution in [2.24, 2.45) is 5.41 Å². The van der Waals surface area contributed by atoms with Crippen molar-refractivity contribution in [3.05, 3.63) is 0 Å². The summed E-state index contributed by atoms with van der Waals surface area (Å²) >= 11 is 0. The first-order valence-electron chi connectivity index (χ1n) is 4.09. The Kier molecular flexibility index (Phi) is 3.90. The van der Waals surface area contributed by atoms with Crippen LogP contribution in [0.4, 0.5) is 0 Å². The average molecular weight is 207 g/mol. The Hall–Kier alpha value is -0.580. The lowest BCUT2D eigenvalue weighted by Crippen LogP contribution is -2.37. The maximum atomic E-state index is 11.2.